The van der Waals surface area contributed by atoms with E-state index in [4.69, 9.17) is 4.74 Å². The number of benzene rings is 4. The van der Waals surface area contributed by atoms with E-state index in [-0.39, 0.29) is 11.8 Å². The second-order valence-corrected chi connectivity index (χ2v) is 11.7. The lowest BCUT2D eigenvalue weighted by Crippen LogP contribution is -2.20. The molecule has 216 valence electrons. The Morgan fingerprint density at radius 1 is 0.860 bits per heavy atom. The molecule has 5 aromatic rings. The van der Waals surface area contributed by atoms with Crippen LogP contribution in [-0.4, -0.2) is 24.9 Å². The van der Waals surface area contributed by atoms with Crippen molar-refractivity contribution in [3.05, 3.63) is 137 Å². The highest BCUT2D eigenvalue weighted by Gasteiger charge is 2.27. The molecule has 9 heteroatoms. The molecule has 0 radical (unpaired) electrons. The number of carbonyl (C=O) groups is 3. The molecule has 1 atom stereocenters. The minimum atomic E-state index is -0.681. The number of esters is 1. The number of ether oxygens (including phenoxy) is 1. The van der Waals surface area contributed by atoms with Crippen LogP contribution < -0.4 is 10.6 Å². The second kappa shape index (κ2) is 13.5. The van der Waals surface area contributed by atoms with Crippen molar-refractivity contribution in [1.82, 2.24) is 0 Å². The largest absolute Gasteiger partial charge is 0.465 e. The van der Waals surface area contributed by atoms with Gasteiger partial charge in [0.05, 0.1) is 7.11 Å². The lowest BCUT2D eigenvalue weighted by atomic mass is 10.0. The van der Waals surface area contributed by atoms with Crippen molar-refractivity contribution in [1.29, 1.82) is 0 Å². The molecule has 5 rings (SSSR count). The molecule has 2 N–H and O–H groups in total. The van der Waals surface area contributed by atoms with Crippen LogP contribution in [0.25, 0.3) is 11.1 Å². The van der Waals surface area contributed by atoms with Crippen LogP contribution in [-0.2, 0) is 9.53 Å². The third-order valence-electron chi connectivity index (χ3n) is 6.57. The number of halogens is 1. The molecule has 0 fully saturated rings. The summed E-state index contributed by atoms with van der Waals surface area (Å²) in [6.07, 6.45) is 0. The lowest BCUT2D eigenvalue weighted by Gasteiger charge is -2.18. The molecule has 6 nitrogen and oxygen atoms in total. The first-order valence-electron chi connectivity index (χ1n) is 13.3. The number of hydrogen-bond acceptors (Lipinski definition) is 6. The fourth-order valence-electron chi connectivity index (χ4n) is 4.37. The monoisotopic (exact) mass is 610 g/mol. The van der Waals surface area contributed by atoms with Crippen molar-refractivity contribution in [2.45, 2.75) is 17.1 Å². The van der Waals surface area contributed by atoms with Crippen LogP contribution in [0.2, 0.25) is 0 Å². The maximum atomic E-state index is 13.9. The summed E-state index contributed by atoms with van der Waals surface area (Å²) in [6.45, 7) is 1.99. The molecule has 0 saturated carbocycles. The minimum absolute atomic E-state index is 0.298. The van der Waals surface area contributed by atoms with Gasteiger partial charge in [0.2, 0.25) is 5.91 Å². The van der Waals surface area contributed by atoms with Crippen LogP contribution in [0.4, 0.5) is 15.1 Å². The molecule has 0 bridgehead atoms. The summed E-state index contributed by atoms with van der Waals surface area (Å²) >= 11 is 2.57. The summed E-state index contributed by atoms with van der Waals surface area (Å²) in [6, 6.07) is 29.5. The van der Waals surface area contributed by atoms with E-state index in [1.807, 2.05) is 73.0 Å². The topological polar surface area (TPSA) is 84.5 Å². The van der Waals surface area contributed by atoms with Gasteiger partial charge >= 0.3 is 5.97 Å². The Kier molecular flexibility index (Phi) is 9.34. The van der Waals surface area contributed by atoms with E-state index in [1.54, 1.807) is 18.2 Å². The Morgan fingerprint density at radius 3 is 2.28 bits per heavy atom. The highest BCUT2D eigenvalue weighted by molar-refractivity contribution is 8.00. The van der Waals surface area contributed by atoms with Crippen LogP contribution in [0.3, 0.4) is 0 Å². The predicted molar refractivity (Wildman–Crippen MR) is 170 cm³/mol. The standard InChI is InChI=1S/C34H27FN2O4S2/c1-21-11-13-22(14-12-21)28-20-42-33(29(28)34(40)41-2)37-32(39)30(23-7-4-3-5-8-23)43-27-10-6-9-26(19-27)36-31(38)24-15-17-25(35)18-16-24/h3-20,30H,1-2H3,(H,36,38)(H,37,39). The highest BCUT2D eigenvalue weighted by atomic mass is 32.2. The fraction of sp³-hybridized carbons (Fsp3) is 0.0882. The number of nitrogens with one attached hydrogen (secondary N) is 2. The molecule has 0 spiro atoms. The van der Waals surface area contributed by atoms with Gasteiger partial charge in [0.25, 0.3) is 5.91 Å². The predicted octanol–water partition coefficient (Wildman–Crippen LogP) is 8.37. The van der Waals surface area contributed by atoms with Gasteiger partial charge in [-0.3, -0.25) is 9.59 Å². The van der Waals surface area contributed by atoms with Crippen LogP contribution in [0, 0.1) is 12.7 Å². The van der Waals surface area contributed by atoms with Gasteiger partial charge in [0, 0.05) is 27.1 Å². The summed E-state index contributed by atoms with van der Waals surface area (Å²) < 4.78 is 18.4. The summed E-state index contributed by atoms with van der Waals surface area (Å²) in [5, 5.41) is 7.35. The number of thiophene rings is 1. The van der Waals surface area contributed by atoms with Gasteiger partial charge in [0.15, 0.2) is 0 Å². The Labute approximate surface area is 256 Å². The molecule has 4 aromatic carbocycles. The zero-order valence-corrected chi connectivity index (χ0v) is 24.9. The number of anilines is 2. The van der Waals surface area contributed by atoms with Crippen LogP contribution in [0.15, 0.2) is 113 Å². The zero-order chi connectivity index (χ0) is 30.3. The molecule has 43 heavy (non-hydrogen) atoms. The molecule has 1 aromatic heterocycles. The maximum absolute atomic E-state index is 13.9. The van der Waals surface area contributed by atoms with Gasteiger partial charge in [-0.15, -0.1) is 23.1 Å². The Hall–Kier alpha value is -4.73. The Morgan fingerprint density at radius 2 is 1.58 bits per heavy atom. The zero-order valence-electron chi connectivity index (χ0n) is 23.3. The first-order valence-corrected chi connectivity index (χ1v) is 15.0. The molecule has 1 unspecified atom stereocenters. The van der Waals surface area contributed by atoms with E-state index in [9.17, 15) is 18.8 Å². The summed E-state index contributed by atoms with van der Waals surface area (Å²) in [5.74, 6) is -1.66. The van der Waals surface area contributed by atoms with Crippen molar-refractivity contribution in [3.8, 4) is 11.1 Å². The van der Waals surface area contributed by atoms with E-state index in [0.717, 1.165) is 21.6 Å². The molecule has 0 aliphatic rings. The third-order valence-corrected chi connectivity index (χ3v) is 8.72. The molecular formula is C34H27FN2O4S2. The van der Waals surface area contributed by atoms with Crippen LogP contribution in [0.5, 0.6) is 0 Å². The molecule has 1 heterocycles. The number of methoxy groups -OCH3 is 1. The van der Waals surface area contributed by atoms with Crippen molar-refractivity contribution in [2.24, 2.45) is 0 Å². The number of carbonyl (C=O) groups excluding carboxylic acids is 3. The van der Waals surface area contributed by atoms with E-state index >= 15 is 0 Å². The number of amides is 2. The van der Waals surface area contributed by atoms with E-state index in [0.29, 0.717) is 27.4 Å². The fourth-order valence-corrected chi connectivity index (χ4v) is 6.41. The van der Waals surface area contributed by atoms with Gasteiger partial charge in [-0.05, 0) is 60.5 Å². The lowest BCUT2D eigenvalue weighted by molar-refractivity contribution is -0.115. The summed E-state index contributed by atoms with van der Waals surface area (Å²) in [4.78, 5) is 40.2. The van der Waals surface area contributed by atoms with Gasteiger partial charge in [0.1, 0.15) is 21.6 Å². The second-order valence-electron chi connectivity index (χ2n) is 9.60. The highest BCUT2D eigenvalue weighted by Crippen LogP contribution is 2.40. The maximum Gasteiger partial charge on any atom is 0.341 e. The molecule has 0 aliphatic carbocycles. The first-order chi connectivity index (χ1) is 20.8. The van der Waals surface area contributed by atoms with Crippen molar-refractivity contribution >= 4 is 51.6 Å². The van der Waals surface area contributed by atoms with Crippen molar-refractivity contribution in [2.75, 3.05) is 17.7 Å². The Balaban J connectivity index is 1.41. The van der Waals surface area contributed by atoms with Gasteiger partial charge in [-0.1, -0.05) is 66.2 Å². The van der Waals surface area contributed by atoms with Gasteiger partial charge in [-0.2, -0.15) is 0 Å². The number of thioether (sulfide) groups is 1. The molecule has 0 saturated heterocycles. The average molecular weight is 611 g/mol. The van der Waals surface area contributed by atoms with Crippen molar-refractivity contribution in [3.63, 3.8) is 0 Å². The van der Waals surface area contributed by atoms with E-state index in [1.165, 1.54) is 54.5 Å². The summed E-state index contributed by atoms with van der Waals surface area (Å²) in [7, 11) is 1.31. The Bertz CT molecular complexity index is 1750. The van der Waals surface area contributed by atoms with Gasteiger partial charge < -0.3 is 15.4 Å². The average Bonchev–Trinajstić information content (AvgIpc) is 3.44. The SMILES string of the molecule is COC(=O)c1c(-c2ccc(C)cc2)csc1NC(=O)C(Sc1cccc(NC(=O)c2ccc(F)cc2)c1)c1ccccc1. The smallest absolute Gasteiger partial charge is 0.341 e. The number of hydrogen-bond donors (Lipinski definition) is 2. The number of aryl methyl sites for hydroxylation is 1. The molecular weight excluding hydrogens is 584 g/mol. The van der Waals surface area contributed by atoms with Gasteiger partial charge in [-0.25, -0.2) is 9.18 Å². The van der Waals surface area contributed by atoms with E-state index in [2.05, 4.69) is 10.6 Å². The normalized spacial score (nSPS) is 11.4. The molecule has 0 aliphatic heterocycles. The van der Waals surface area contributed by atoms with Crippen molar-refractivity contribution < 1.29 is 23.5 Å². The summed E-state index contributed by atoms with van der Waals surface area (Å²) in [5.41, 5.74) is 4.53. The number of rotatable bonds is 9. The first kappa shape index (κ1) is 29.8. The van der Waals surface area contributed by atoms with Crippen LogP contribution >= 0.6 is 23.1 Å². The van der Waals surface area contributed by atoms with Crippen LogP contribution in [0.1, 0.15) is 37.1 Å². The molecule has 2 amide bonds. The third kappa shape index (κ3) is 7.20. The minimum Gasteiger partial charge on any atom is -0.465 e. The quantitative estimate of drug-likeness (QED) is 0.129. The van der Waals surface area contributed by atoms with E-state index < -0.39 is 17.0 Å².